The number of methoxy groups -OCH3 is 1. The number of carbonyl (C=O) groups is 2. The number of thiazole rings is 1. The molecule has 0 unspecified atom stereocenters. The van der Waals surface area contributed by atoms with Crippen LogP contribution in [0.25, 0.3) is 10.2 Å². The number of benzene rings is 2. The number of esters is 1. The minimum absolute atomic E-state index is 0.206. The van der Waals surface area contributed by atoms with E-state index in [0.717, 1.165) is 10.2 Å². The fourth-order valence-electron chi connectivity index (χ4n) is 2.42. The van der Waals surface area contributed by atoms with Crippen molar-refractivity contribution in [3.8, 4) is 11.5 Å². The maximum atomic E-state index is 12.3. The second-order valence-corrected chi connectivity index (χ2v) is 6.25. The summed E-state index contributed by atoms with van der Waals surface area (Å²) >= 11 is 1.35. The van der Waals surface area contributed by atoms with E-state index >= 15 is 0 Å². The van der Waals surface area contributed by atoms with Crippen LogP contribution in [0, 0.1) is 0 Å². The Morgan fingerprint density at radius 2 is 1.80 bits per heavy atom. The van der Waals surface area contributed by atoms with Crippen molar-refractivity contribution in [2.45, 2.75) is 0 Å². The standard InChI is InChI=1S/C17H12N2O5S/c1-22-16(21)10-4-2-9(3-5-10)15(20)19-17-18-11-6-12-13(24-8-23-12)7-14(11)25-17/h2-7H,8H2,1H3,(H,18,19,20). The molecule has 0 spiro atoms. The second-order valence-electron chi connectivity index (χ2n) is 5.22. The molecular formula is C17H12N2O5S. The number of rotatable bonds is 3. The Hall–Kier alpha value is -3.13. The SMILES string of the molecule is COC(=O)c1ccc(C(=O)Nc2nc3cc4c(cc3s2)OCO4)cc1. The molecule has 1 amide bonds. The van der Waals surface area contributed by atoms with Gasteiger partial charge >= 0.3 is 5.97 Å². The molecule has 0 bridgehead atoms. The summed E-state index contributed by atoms with van der Waals surface area (Å²) in [5.74, 6) is 0.563. The van der Waals surface area contributed by atoms with Gasteiger partial charge in [-0.3, -0.25) is 10.1 Å². The molecule has 0 saturated heterocycles. The maximum Gasteiger partial charge on any atom is 0.337 e. The molecule has 7 nitrogen and oxygen atoms in total. The van der Waals surface area contributed by atoms with E-state index in [1.165, 1.54) is 18.4 Å². The third-order valence-corrected chi connectivity index (χ3v) is 4.61. The van der Waals surface area contributed by atoms with Crippen LogP contribution in [0.4, 0.5) is 5.13 Å². The predicted molar refractivity (Wildman–Crippen MR) is 91.5 cm³/mol. The Balaban J connectivity index is 1.54. The lowest BCUT2D eigenvalue weighted by Crippen LogP contribution is -2.12. The summed E-state index contributed by atoms with van der Waals surface area (Å²) in [5, 5.41) is 3.23. The predicted octanol–water partition coefficient (Wildman–Crippen LogP) is 3.06. The Morgan fingerprint density at radius 3 is 2.52 bits per heavy atom. The molecule has 8 heteroatoms. The number of amides is 1. The maximum absolute atomic E-state index is 12.3. The third-order valence-electron chi connectivity index (χ3n) is 3.67. The molecule has 2 heterocycles. The van der Waals surface area contributed by atoms with Crippen molar-refractivity contribution in [3.05, 3.63) is 47.5 Å². The summed E-state index contributed by atoms with van der Waals surface area (Å²) in [4.78, 5) is 28.1. The lowest BCUT2D eigenvalue weighted by atomic mass is 10.1. The zero-order valence-corrected chi connectivity index (χ0v) is 13.9. The summed E-state index contributed by atoms with van der Waals surface area (Å²) < 4.78 is 16.2. The van der Waals surface area contributed by atoms with Crippen molar-refractivity contribution in [1.29, 1.82) is 0 Å². The molecule has 1 N–H and O–H groups in total. The average molecular weight is 356 g/mol. The Bertz CT molecular complexity index is 940. The molecular weight excluding hydrogens is 344 g/mol. The Kier molecular flexibility index (Phi) is 3.73. The number of ether oxygens (including phenoxy) is 3. The van der Waals surface area contributed by atoms with Gasteiger partial charge in [0.05, 0.1) is 22.9 Å². The van der Waals surface area contributed by atoms with E-state index < -0.39 is 5.97 Å². The molecule has 1 aliphatic heterocycles. The van der Waals surface area contributed by atoms with E-state index in [1.54, 1.807) is 30.3 Å². The summed E-state index contributed by atoms with van der Waals surface area (Å²) in [5.41, 5.74) is 1.53. The van der Waals surface area contributed by atoms with Crippen molar-refractivity contribution in [2.24, 2.45) is 0 Å². The van der Waals surface area contributed by atoms with Gasteiger partial charge in [-0.25, -0.2) is 9.78 Å². The first-order chi connectivity index (χ1) is 12.1. The van der Waals surface area contributed by atoms with Crippen LogP contribution < -0.4 is 14.8 Å². The van der Waals surface area contributed by atoms with Crippen LogP contribution in [-0.4, -0.2) is 30.8 Å². The fraction of sp³-hybridized carbons (Fsp3) is 0.118. The molecule has 25 heavy (non-hydrogen) atoms. The topological polar surface area (TPSA) is 86.8 Å². The van der Waals surface area contributed by atoms with Gasteiger partial charge in [-0.15, -0.1) is 0 Å². The van der Waals surface area contributed by atoms with Gasteiger partial charge in [0.25, 0.3) is 5.91 Å². The van der Waals surface area contributed by atoms with E-state index in [2.05, 4.69) is 15.0 Å². The van der Waals surface area contributed by atoms with Crippen molar-refractivity contribution in [1.82, 2.24) is 4.98 Å². The summed E-state index contributed by atoms with van der Waals surface area (Å²) in [7, 11) is 1.31. The highest BCUT2D eigenvalue weighted by atomic mass is 32.1. The van der Waals surface area contributed by atoms with Crippen molar-refractivity contribution in [3.63, 3.8) is 0 Å². The van der Waals surface area contributed by atoms with Gasteiger partial charge in [0.15, 0.2) is 16.6 Å². The minimum atomic E-state index is -0.449. The van der Waals surface area contributed by atoms with Crippen LogP contribution in [0.5, 0.6) is 11.5 Å². The minimum Gasteiger partial charge on any atom is -0.465 e. The zero-order chi connectivity index (χ0) is 17.4. The largest absolute Gasteiger partial charge is 0.465 e. The molecule has 4 rings (SSSR count). The van der Waals surface area contributed by atoms with Crippen molar-refractivity contribution in [2.75, 3.05) is 19.2 Å². The summed E-state index contributed by atoms with van der Waals surface area (Å²) in [6.07, 6.45) is 0. The second kappa shape index (κ2) is 6.06. The average Bonchev–Trinajstić information content (AvgIpc) is 3.24. The van der Waals surface area contributed by atoms with Gasteiger partial charge < -0.3 is 14.2 Å². The molecule has 0 fully saturated rings. The molecule has 0 saturated carbocycles. The van der Waals surface area contributed by atoms with E-state index in [0.29, 0.717) is 27.8 Å². The van der Waals surface area contributed by atoms with Crippen LogP contribution in [-0.2, 0) is 4.74 Å². The third kappa shape index (κ3) is 2.87. The molecule has 0 aliphatic carbocycles. The first-order valence-electron chi connectivity index (χ1n) is 7.34. The number of aromatic nitrogens is 1. The Morgan fingerprint density at radius 1 is 1.12 bits per heavy atom. The summed E-state index contributed by atoms with van der Waals surface area (Å²) in [6, 6.07) is 9.83. The first-order valence-corrected chi connectivity index (χ1v) is 8.15. The molecule has 1 aliphatic rings. The first kappa shape index (κ1) is 15.4. The van der Waals surface area contributed by atoms with E-state index in [9.17, 15) is 9.59 Å². The van der Waals surface area contributed by atoms with Crippen LogP contribution in [0.15, 0.2) is 36.4 Å². The quantitative estimate of drug-likeness (QED) is 0.726. The number of nitrogens with one attached hydrogen (secondary N) is 1. The smallest absolute Gasteiger partial charge is 0.337 e. The van der Waals surface area contributed by atoms with Gasteiger partial charge in [0.1, 0.15) is 0 Å². The zero-order valence-electron chi connectivity index (χ0n) is 13.1. The molecule has 0 radical (unpaired) electrons. The van der Waals surface area contributed by atoms with Crippen LogP contribution >= 0.6 is 11.3 Å². The number of carbonyl (C=O) groups excluding carboxylic acids is 2. The lowest BCUT2D eigenvalue weighted by Gasteiger charge is -2.03. The van der Waals surface area contributed by atoms with E-state index in [4.69, 9.17) is 9.47 Å². The molecule has 3 aromatic rings. The number of fused-ring (bicyclic) bond motifs is 2. The Labute approximate surface area is 146 Å². The molecule has 126 valence electrons. The van der Waals surface area contributed by atoms with Gasteiger partial charge in [0.2, 0.25) is 6.79 Å². The van der Waals surface area contributed by atoms with Crippen molar-refractivity contribution < 1.29 is 23.8 Å². The number of nitrogens with zero attached hydrogens (tertiary/aromatic N) is 1. The normalized spacial score (nSPS) is 12.2. The molecule has 0 atom stereocenters. The summed E-state index contributed by atoms with van der Waals surface area (Å²) in [6.45, 7) is 0.206. The highest BCUT2D eigenvalue weighted by molar-refractivity contribution is 7.22. The molecule has 1 aromatic heterocycles. The van der Waals surface area contributed by atoms with Gasteiger partial charge in [-0.05, 0) is 24.3 Å². The van der Waals surface area contributed by atoms with Crippen LogP contribution in [0.1, 0.15) is 20.7 Å². The van der Waals surface area contributed by atoms with Gasteiger partial charge in [-0.1, -0.05) is 11.3 Å². The van der Waals surface area contributed by atoms with E-state index in [1.807, 2.05) is 6.07 Å². The number of anilines is 1. The molecule has 2 aromatic carbocycles. The van der Waals surface area contributed by atoms with Crippen LogP contribution in [0.3, 0.4) is 0 Å². The van der Waals surface area contributed by atoms with Gasteiger partial charge in [-0.2, -0.15) is 0 Å². The van der Waals surface area contributed by atoms with Gasteiger partial charge in [0, 0.05) is 17.7 Å². The lowest BCUT2D eigenvalue weighted by molar-refractivity contribution is 0.0600. The monoisotopic (exact) mass is 356 g/mol. The van der Waals surface area contributed by atoms with Crippen molar-refractivity contribution >= 4 is 38.6 Å². The van der Waals surface area contributed by atoms with Crippen LogP contribution in [0.2, 0.25) is 0 Å². The number of hydrogen-bond donors (Lipinski definition) is 1. The highest BCUT2D eigenvalue weighted by Crippen LogP contribution is 2.38. The number of hydrogen-bond acceptors (Lipinski definition) is 7. The van der Waals surface area contributed by atoms with E-state index in [-0.39, 0.29) is 12.7 Å². The highest BCUT2D eigenvalue weighted by Gasteiger charge is 2.17. The fourth-order valence-corrected chi connectivity index (χ4v) is 3.29.